The molecule has 0 aromatic heterocycles. The van der Waals surface area contributed by atoms with Crippen molar-refractivity contribution in [2.45, 2.75) is 50.7 Å². The smallest absolute Gasteiger partial charge is 0.410 e. The molecule has 8 heteroatoms. The van der Waals surface area contributed by atoms with Crippen LogP contribution in [0, 0.1) is 23.6 Å². The molecule has 162 valence electrons. The van der Waals surface area contributed by atoms with Crippen LogP contribution in [0.5, 0.6) is 0 Å². The molecule has 3 rings (SSSR count). The molecule has 0 radical (unpaired) electrons. The highest BCUT2D eigenvalue weighted by molar-refractivity contribution is 7.90. The number of carbonyl (C=O) groups is 1. The molecule has 2 aliphatic rings. The van der Waals surface area contributed by atoms with Gasteiger partial charge in [0.25, 0.3) is 0 Å². The molecule has 0 N–H and O–H groups in total. The van der Waals surface area contributed by atoms with Gasteiger partial charge in [0, 0.05) is 19.3 Å². The molecule has 1 saturated heterocycles. The van der Waals surface area contributed by atoms with E-state index in [1.165, 1.54) is 12.1 Å². The van der Waals surface area contributed by atoms with Gasteiger partial charge < -0.3 is 14.4 Å². The zero-order valence-electron chi connectivity index (χ0n) is 17.3. The Balaban J connectivity index is 1.38. The monoisotopic (exact) mass is 427 g/mol. The minimum atomic E-state index is -3.56. The van der Waals surface area contributed by atoms with Gasteiger partial charge in [0.2, 0.25) is 0 Å². The first-order chi connectivity index (χ1) is 13.6. The number of halogens is 1. The van der Waals surface area contributed by atoms with Crippen molar-refractivity contribution in [3.8, 4) is 0 Å². The number of ether oxygens (including phenoxy) is 2. The number of benzene rings is 1. The summed E-state index contributed by atoms with van der Waals surface area (Å²) >= 11 is 0. The molecule has 1 heterocycles. The van der Waals surface area contributed by atoms with Gasteiger partial charge in [-0.25, -0.2) is 17.6 Å². The summed E-state index contributed by atoms with van der Waals surface area (Å²) in [6.45, 7) is 6.08. The molecule has 0 spiro atoms. The molecule has 1 aromatic carbocycles. The summed E-state index contributed by atoms with van der Waals surface area (Å²) < 4.78 is 47.9. The maximum Gasteiger partial charge on any atom is 0.410 e. The summed E-state index contributed by atoms with van der Waals surface area (Å²) in [7, 11) is -3.56. The lowest BCUT2D eigenvalue weighted by molar-refractivity contribution is 0.0615. The number of sulfone groups is 1. The maximum atomic E-state index is 13.9. The highest BCUT2D eigenvalue weighted by Gasteiger charge is 2.44. The molecule has 6 nitrogen and oxygen atoms in total. The number of piperidine rings is 1. The minimum absolute atomic E-state index is 0.0961. The quantitative estimate of drug-likeness (QED) is 0.664. The third-order valence-corrected chi connectivity index (χ3v) is 6.84. The third kappa shape index (κ3) is 5.92. The summed E-state index contributed by atoms with van der Waals surface area (Å²) in [4.78, 5) is 13.5. The Morgan fingerprint density at radius 3 is 2.55 bits per heavy atom. The normalized spacial score (nSPS) is 22.7. The van der Waals surface area contributed by atoms with E-state index in [0.717, 1.165) is 38.6 Å². The first kappa shape index (κ1) is 22.0. The maximum absolute atomic E-state index is 13.9. The van der Waals surface area contributed by atoms with Gasteiger partial charge in [-0.2, -0.15) is 0 Å². The van der Waals surface area contributed by atoms with Crippen LogP contribution in [0.3, 0.4) is 0 Å². The fourth-order valence-electron chi connectivity index (χ4n) is 4.09. The molecule has 29 heavy (non-hydrogen) atoms. The Kier molecular flexibility index (Phi) is 6.83. The highest BCUT2D eigenvalue weighted by atomic mass is 32.2. The average Bonchev–Trinajstić information content (AvgIpc) is 3.40. The molecule has 0 bridgehead atoms. The third-order valence-electron chi connectivity index (χ3n) is 5.71. The standard InChI is InChI=1S/C21H30FNO5S/c1-14(2)28-21(24)23-8-6-16(7-9-23)18-11-17(18)13-27-12-15-4-5-20(19(22)10-15)29(3,25)26/h4-5,10,14,16-18H,6-9,11-13H2,1-3H3/t17-,18+/m0/s1. The van der Waals surface area contributed by atoms with E-state index in [1.54, 1.807) is 11.0 Å². The largest absolute Gasteiger partial charge is 0.447 e. The van der Waals surface area contributed by atoms with Crippen LogP contribution in [0.25, 0.3) is 0 Å². The van der Waals surface area contributed by atoms with Gasteiger partial charge in [0.15, 0.2) is 9.84 Å². The Morgan fingerprint density at radius 1 is 1.28 bits per heavy atom. The van der Waals surface area contributed by atoms with Crippen molar-refractivity contribution in [1.82, 2.24) is 4.90 Å². The zero-order chi connectivity index (χ0) is 21.2. The molecule has 1 aromatic rings. The number of hydrogen-bond acceptors (Lipinski definition) is 5. The fourth-order valence-corrected chi connectivity index (χ4v) is 4.82. The van der Waals surface area contributed by atoms with Gasteiger partial charge in [-0.3, -0.25) is 0 Å². The van der Waals surface area contributed by atoms with Crippen molar-refractivity contribution in [3.63, 3.8) is 0 Å². The first-order valence-corrected chi connectivity index (χ1v) is 12.1. The number of hydrogen-bond donors (Lipinski definition) is 0. The van der Waals surface area contributed by atoms with Crippen molar-refractivity contribution in [3.05, 3.63) is 29.6 Å². The molecule has 1 amide bonds. The van der Waals surface area contributed by atoms with E-state index in [2.05, 4.69) is 0 Å². The van der Waals surface area contributed by atoms with E-state index < -0.39 is 15.7 Å². The van der Waals surface area contributed by atoms with Crippen LogP contribution in [0.2, 0.25) is 0 Å². The summed E-state index contributed by atoms with van der Waals surface area (Å²) in [6.07, 6.45) is 3.79. The van der Waals surface area contributed by atoms with Gasteiger partial charge >= 0.3 is 6.09 Å². The van der Waals surface area contributed by atoms with Crippen LogP contribution in [0.1, 0.15) is 38.7 Å². The number of likely N-dealkylation sites (tertiary alicyclic amines) is 1. The van der Waals surface area contributed by atoms with E-state index in [1.807, 2.05) is 13.8 Å². The summed E-state index contributed by atoms with van der Waals surface area (Å²) in [5.74, 6) is 1.01. The minimum Gasteiger partial charge on any atom is -0.447 e. The summed E-state index contributed by atoms with van der Waals surface area (Å²) in [6, 6.07) is 4.11. The van der Waals surface area contributed by atoms with Gasteiger partial charge in [0.1, 0.15) is 10.7 Å². The van der Waals surface area contributed by atoms with E-state index in [-0.39, 0.29) is 23.7 Å². The van der Waals surface area contributed by atoms with E-state index in [9.17, 15) is 17.6 Å². The second-order valence-corrected chi connectivity index (χ2v) is 10.5. The van der Waals surface area contributed by atoms with Crippen LogP contribution in [0.4, 0.5) is 9.18 Å². The predicted molar refractivity (Wildman–Crippen MR) is 107 cm³/mol. The average molecular weight is 428 g/mol. The van der Waals surface area contributed by atoms with Crippen molar-refractivity contribution >= 4 is 15.9 Å². The molecular weight excluding hydrogens is 397 g/mol. The Morgan fingerprint density at radius 2 is 1.97 bits per heavy atom. The Hall–Kier alpha value is -1.67. The van der Waals surface area contributed by atoms with E-state index in [0.29, 0.717) is 29.9 Å². The van der Waals surface area contributed by atoms with Crippen LogP contribution < -0.4 is 0 Å². The van der Waals surface area contributed by atoms with Gasteiger partial charge in [-0.1, -0.05) is 6.07 Å². The van der Waals surface area contributed by atoms with E-state index >= 15 is 0 Å². The van der Waals surface area contributed by atoms with Crippen molar-refractivity contribution in [1.29, 1.82) is 0 Å². The Bertz CT molecular complexity index is 833. The van der Waals surface area contributed by atoms with Crippen LogP contribution in [-0.4, -0.2) is 51.5 Å². The number of nitrogens with zero attached hydrogens (tertiary/aromatic N) is 1. The zero-order valence-corrected chi connectivity index (χ0v) is 18.1. The number of amides is 1. The molecule has 2 atom stereocenters. The lowest BCUT2D eigenvalue weighted by Crippen LogP contribution is -2.40. The lowest BCUT2D eigenvalue weighted by atomic mass is 9.91. The lowest BCUT2D eigenvalue weighted by Gasteiger charge is -2.32. The SMILES string of the molecule is CC(C)OC(=O)N1CCC([C@H]2C[C@H]2COCc2ccc(S(C)(=O)=O)c(F)c2)CC1. The fraction of sp³-hybridized carbons (Fsp3) is 0.667. The molecular formula is C21H30FNO5S. The van der Waals surface area contributed by atoms with Crippen LogP contribution in [-0.2, 0) is 25.9 Å². The highest BCUT2D eigenvalue weighted by Crippen LogP contribution is 2.48. The van der Waals surface area contributed by atoms with Gasteiger partial charge in [-0.05, 0) is 68.6 Å². The van der Waals surface area contributed by atoms with Gasteiger partial charge in [0.05, 0.1) is 19.3 Å². The topological polar surface area (TPSA) is 72.9 Å². The second-order valence-electron chi connectivity index (χ2n) is 8.47. The summed E-state index contributed by atoms with van der Waals surface area (Å²) in [5.41, 5.74) is 0.629. The molecule has 1 saturated carbocycles. The summed E-state index contributed by atoms with van der Waals surface area (Å²) in [5, 5.41) is 0. The Labute approximate surface area is 172 Å². The second kappa shape index (κ2) is 9.00. The molecule has 1 aliphatic heterocycles. The van der Waals surface area contributed by atoms with E-state index in [4.69, 9.17) is 9.47 Å². The predicted octanol–water partition coefficient (Wildman–Crippen LogP) is 3.64. The molecule has 0 unspecified atom stereocenters. The van der Waals surface area contributed by atoms with Crippen molar-refractivity contribution < 1.29 is 27.1 Å². The first-order valence-electron chi connectivity index (χ1n) is 10.2. The molecule has 1 aliphatic carbocycles. The van der Waals surface area contributed by atoms with Gasteiger partial charge in [-0.15, -0.1) is 0 Å². The number of carbonyl (C=O) groups excluding carboxylic acids is 1. The van der Waals surface area contributed by atoms with Crippen molar-refractivity contribution in [2.75, 3.05) is 26.0 Å². The van der Waals surface area contributed by atoms with Crippen LogP contribution >= 0.6 is 0 Å². The van der Waals surface area contributed by atoms with Crippen LogP contribution in [0.15, 0.2) is 23.1 Å². The number of rotatable bonds is 7. The molecule has 2 fully saturated rings. The van der Waals surface area contributed by atoms with Crippen molar-refractivity contribution in [2.24, 2.45) is 17.8 Å².